The highest BCUT2D eigenvalue weighted by atomic mass is 19.1. The summed E-state index contributed by atoms with van der Waals surface area (Å²) in [5, 5.41) is 10.8. The molecule has 0 heterocycles. The fourth-order valence-corrected chi connectivity index (χ4v) is 2.27. The number of amides is 1. The predicted molar refractivity (Wildman–Crippen MR) is 84.4 cm³/mol. The Morgan fingerprint density at radius 1 is 1.26 bits per heavy atom. The molecule has 0 saturated heterocycles. The lowest BCUT2D eigenvalue weighted by Crippen LogP contribution is -2.31. The lowest BCUT2D eigenvalue weighted by molar-refractivity contribution is -0.384. The van der Waals surface area contributed by atoms with E-state index in [1.54, 1.807) is 44.3 Å². The molecule has 5 nitrogen and oxygen atoms in total. The molecule has 6 heteroatoms. The first-order chi connectivity index (χ1) is 10.9. The number of non-ortho nitro benzene ring substituents is 1. The van der Waals surface area contributed by atoms with Gasteiger partial charge in [-0.1, -0.05) is 30.3 Å². The number of carbonyl (C=O) groups is 1. The Morgan fingerprint density at radius 3 is 2.61 bits per heavy atom. The molecule has 0 N–H and O–H groups in total. The minimum absolute atomic E-state index is 0.0238. The van der Waals surface area contributed by atoms with Gasteiger partial charge in [0.1, 0.15) is 5.82 Å². The van der Waals surface area contributed by atoms with Crippen LogP contribution >= 0.6 is 0 Å². The third kappa shape index (κ3) is 3.91. The Balaban J connectivity index is 2.14. The average molecular weight is 316 g/mol. The highest BCUT2D eigenvalue weighted by molar-refractivity contribution is 5.79. The van der Waals surface area contributed by atoms with Crippen molar-refractivity contribution >= 4 is 11.6 Å². The normalized spacial score (nSPS) is 11.8. The van der Waals surface area contributed by atoms with Crippen LogP contribution in [0.4, 0.5) is 10.1 Å². The second-order valence-electron chi connectivity index (χ2n) is 5.30. The van der Waals surface area contributed by atoms with Crippen LogP contribution < -0.4 is 0 Å². The number of rotatable bonds is 5. The first-order valence-corrected chi connectivity index (χ1v) is 7.13. The van der Waals surface area contributed by atoms with E-state index < -0.39 is 10.7 Å². The van der Waals surface area contributed by atoms with Crippen LogP contribution in [0.25, 0.3) is 0 Å². The molecule has 0 radical (unpaired) electrons. The number of carbonyl (C=O) groups excluding carboxylic acids is 1. The van der Waals surface area contributed by atoms with Gasteiger partial charge in [-0.05, 0) is 24.1 Å². The first kappa shape index (κ1) is 16.6. The van der Waals surface area contributed by atoms with Crippen LogP contribution in [-0.2, 0) is 11.2 Å². The van der Waals surface area contributed by atoms with Gasteiger partial charge in [0.05, 0.1) is 17.4 Å². The molecule has 0 aliphatic carbocycles. The molecule has 0 unspecified atom stereocenters. The van der Waals surface area contributed by atoms with Gasteiger partial charge in [0.15, 0.2) is 0 Å². The third-order valence-electron chi connectivity index (χ3n) is 3.84. The molecule has 0 aromatic heterocycles. The van der Waals surface area contributed by atoms with Gasteiger partial charge in [-0.3, -0.25) is 14.9 Å². The summed E-state index contributed by atoms with van der Waals surface area (Å²) in [6, 6.07) is 11.9. The zero-order valence-electron chi connectivity index (χ0n) is 12.9. The summed E-state index contributed by atoms with van der Waals surface area (Å²) < 4.78 is 13.6. The zero-order chi connectivity index (χ0) is 17.0. The lowest BCUT2D eigenvalue weighted by atomic mass is 10.1. The van der Waals surface area contributed by atoms with Gasteiger partial charge < -0.3 is 4.90 Å². The smallest absolute Gasteiger partial charge is 0.269 e. The summed E-state index contributed by atoms with van der Waals surface area (Å²) in [5.41, 5.74) is 0.962. The Morgan fingerprint density at radius 2 is 1.96 bits per heavy atom. The number of nitro groups is 1. The average Bonchev–Trinajstić information content (AvgIpc) is 2.55. The summed E-state index contributed by atoms with van der Waals surface area (Å²) in [7, 11) is 1.60. The van der Waals surface area contributed by atoms with E-state index in [0.29, 0.717) is 11.1 Å². The molecule has 0 fully saturated rings. The summed E-state index contributed by atoms with van der Waals surface area (Å²) in [6.07, 6.45) is -0.0531. The van der Waals surface area contributed by atoms with Crippen LogP contribution in [0.15, 0.2) is 48.5 Å². The number of likely N-dealkylation sites (N-methyl/N-ethyl adjacent to an activating group) is 1. The second-order valence-corrected chi connectivity index (χ2v) is 5.30. The van der Waals surface area contributed by atoms with Crippen LogP contribution in [0.1, 0.15) is 24.1 Å². The number of benzene rings is 2. The molecule has 2 rings (SSSR count). The van der Waals surface area contributed by atoms with E-state index in [4.69, 9.17) is 0 Å². The van der Waals surface area contributed by atoms with Crippen molar-refractivity contribution in [3.63, 3.8) is 0 Å². The number of nitro benzene ring substituents is 1. The van der Waals surface area contributed by atoms with E-state index in [-0.39, 0.29) is 24.1 Å². The molecule has 2 aromatic rings. The predicted octanol–water partition coefficient (Wildman–Crippen LogP) is 3.50. The van der Waals surface area contributed by atoms with Crippen LogP contribution in [-0.4, -0.2) is 22.8 Å². The molecule has 120 valence electrons. The van der Waals surface area contributed by atoms with Crippen molar-refractivity contribution in [3.05, 3.63) is 75.6 Å². The van der Waals surface area contributed by atoms with Crippen molar-refractivity contribution < 1.29 is 14.1 Å². The monoisotopic (exact) mass is 316 g/mol. The van der Waals surface area contributed by atoms with Crippen molar-refractivity contribution in [2.45, 2.75) is 19.4 Å². The number of hydrogen-bond acceptors (Lipinski definition) is 3. The first-order valence-electron chi connectivity index (χ1n) is 7.13. The fraction of sp³-hybridized carbons (Fsp3) is 0.235. The Kier molecular flexibility index (Phi) is 5.05. The van der Waals surface area contributed by atoms with Gasteiger partial charge in [-0.15, -0.1) is 0 Å². The van der Waals surface area contributed by atoms with Gasteiger partial charge in [0.25, 0.3) is 5.69 Å². The van der Waals surface area contributed by atoms with Crippen LogP contribution in [0.5, 0.6) is 0 Å². The molecular formula is C17H17FN2O3. The lowest BCUT2D eigenvalue weighted by Gasteiger charge is -2.25. The highest BCUT2D eigenvalue weighted by Crippen LogP contribution is 2.23. The molecule has 2 aromatic carbocycles. The van der Waals surface area contributed by atoms with Crippen LogP contribution in [0, 0.1) is 15.9 Å². The number of halogens is 1. The molecular weight excluding hydrogens is 299 g/mol. The third-order valence-corrected chi connectivity index (χ3v) is 3.84. The summed E-state index contributed by atoms with van der Waals surface area (Å²) in [5.74, 6) is -0.675. The summed E-state index contributed by atoms with van der Waals surface area (Å²) in [4.78, 5) is 24.2. The maximum atomic E-state index is 13.6. The van der Waals surface area contributed by atoms with Gasteiger partial charge in [0.2, 0.25) is 5.91 Å². The van der Waals surface area contributed by atoms with E-state index in [1.165, 1.54) is 23.1 Å². The zero-order valence-corrected chi connectivity index (χ0v) is 12.9. The maximum Gasteiger partial charge on any atom is 0.269 e. The minimum Gasteiger partial charge on any atom is -0.339 e. The maximum absolute atomic E-state index is 13.6. The van der Waals surface area contributed by atoms with Crippen molar-refractivity contribution in [3.8, 4) is 0 Å². The quantitative estimate of drug-likeness (QED) is 0.626. The van der Waals surface area contributed by atoms with Gasteiger partial charge in [-0.2, -0.15) is 0 Å². The van der Waals surface area contributed by atoms with Gasteiger partial charge in [0, 0.05) is 19.2 Å². The van der Waals surface area contributed by atoms with E-state index in [2.05, 4.69) is 0 Å². The highest BCUT2D eigenvalue weighted by Gasteiger charge is 2.20. The molecule has 0 bridgehead atoms. The minimum atomic E-state index is -0.475. The van der Waals surface area contributed by atoms with Gasteiger partial charge >= 0.3 is 0 Å². The van der Waals surface area contributed by atoms with Crippen LogP contribution in [0.2, 0.25) is 0 Å². The molecule has 23 heavy (non-hydrogen) atoms. The fourth-order valence-electron chi connectivity index (χ4n) is 2.27. The molecule has 0 saturated carbocycles. The Bertz CT molecular complexity index is 733. The standard InChI is InChI=1S/C17H17FN2O3/c1-12(13-7-5-8-15(10-13)20(22)23)19(2)17(21)11-14-6-3-4-9-16(14)18/h3-10,12H,11H2,1-2H3/t12-/m1/s1. The SMILES string of the molecule is C[C@H](c1cccc([N+](=O)[O-])c1)N(C)C(=O)Cc1ccccc1F. The van der Waals surface area contributed by atoms with Crippen molar-refractivity contribution in [2.24, 2.45) is 0 Å². The molecule has 0 aliphatic rings. The largest absolute Gasteiger partial charge is 0.339 e. The second kappa shape index (κ2) is 7.00. The summed E-state index contributed by atoms with van der Waals surface area (Å²) in [6.45, 7) is 1.78. The Labute approximate surface area is 133 Å². The van der Waals surface area contributed by atoms with E-state index >= 15 is 0 Å². The summed E-state index contributed by atoms with van der Waals surface area (Å²) >= 11 is 0. The molecule has 0 spiro atoms. The van der Waals surface area contributed by atoms with E-state index in [1.807, 2.05) is 0 Å². The molecule has 1 amide bonds. The van der Waals surface area contributed by atoms with Crippen molar-refractivity contribution in [1.29, 1.82) is 0 Å². The topological polar surface area (TPSA) is 63.5 Å². The number of nitrogens with zero attached hydrogens (tertiary/aromatic N) is 2. The van der Waals surface area contributed by atoms with Gasteiger partial charge in [-0.25, -0.2) is 4.39 Å². The number of hydrogen-bond donors (Lipinski definition) is 0. The van der Waals surface area contributed by atoms with E-state index in [0.717, 1.165) is 0 Å². The van der Waals surface area contributed by atoms with Crippen LogP contribution in [0.3, 0.4) is 0 Å². The molecule has 0 aliphatic heterocycles. The Hall–Kier alpha value is -2.76. The molecule has 1 atom stereocenters. The van der Waals surface area contributed by atoms with Crippen molar-refractivity contribution in [2.75, 3.05) is 7.05 Å². The van der Waals surface area contributed by atoms with E-state index in [9.17, 15) is 19.3 Å². The van der Waals surface area contributed by atoms with Crippen molar-refractivity contribution in [1.82, 2.24) is 4.90 Å².